The third-order valence-electron chi connectivity index (χ3n) is 8.08. The van der Waals surface area contributed by atoms with Gasteiger partial charge in [0.25, 0.3) is 0 Å². The van der Waals surface area contributed by atoms with Crippen LogP contribution in [0.25, 0.3) is 0 Å². The second kappa shape index (κ2) is 10.8. The van der Waals surface area contributed by atoms with Crippen molar-refractivity contribution in [2.45, 2.75) is 51.6 Å². The third kappa shape index (κ3) is 4.84. The average molecular weight is 550 g/mol. The molecule has 2 aliphatic heterocycles. The van der Waals surface area contributed by atoms with Crippen LogP contribution in [0.1, 0.15) is 47.4 Å². The SMILES string of the molecule is Cc1ncnc(C)c1C(=O)[N+]1(C2CCNCC2)CCC(N(c2ccccc2)c2ccc(Br)cc2)CC1. The van der Waals surface area contributed by atoms with Crippen LogP contribution in [0, 0.1) is 13.8 Å². The van der Waals surface area contributed by atoms with Gasteiger partial charge in [0.05, 0.1) is 30.5 Å². The summed E-state index contributed by atoms with van der Waals surface area (Å²) in [6.07, 6.45) is 5.52. The Morgan fingerprint density at radius 3 is 2.08 bits per heavy atom. The number of carbonyl (C=O) groups is 1. The smallest absolute Gasteiger partial charge is 0.338 e. The first-order chi connectivity index (χ1) is 17.5. The molecule has 3 aromatic rings. The highest BCUT2D eigenvalue weighted by atomic mass is 79.9. The van der Waals surface area contributed by atoms with Crippen LogP contribution in [0.4, 0.5) is 11.4 Å². The summed E-state index contributed by atoms with van der Waals surface area (Å²) in [5.74, 6) is 0.214. The number of aryl methyl sites for hydroxylation is 2. The Hall–Kier alpha value is -2.61. The number of hydrogen-bond donors (Lipinski definition) is 1. The van der Waals surface area contributed by atoms with Gasteiger partial charge in [-0.1, -0.05) is 34.1 Å². The van der Waals surface area contributed by atoms with Crippen LogP contribution < -0.4 is 10.2 Å². The number of hydrogen-bond acceptors (Lipinski definition) is 5. The Morgan fingerprint density at radius 1 is 0.889 bits per heavy atom. The molecule has 0 spiro atoms. The molecule has 1 aromatic heterocycles. The number of carbonyl (C=O) groups excluding carboxylic acids is 1. The van der Waals surface area contributed by atoms with Crippen LogP contribution in [-0.4, -0.2) is 58.6 Å². The van der Waals surface area contributed by atoms with Crippen molar-refractivity contribution in [2.75, 3.05) is 31.1 Å². The summed E-state index contributed by atoms with van der Waals surface area (Å²) in [7, 11) is 0. The molecule has 5 rings (SSSR count). The molecule has 2 fully saturated rings. The van der Waals surface area contributed by atoms with E-state index in [0.717, 1.165) is 73.3 Å². The molecule has 36 heavy (non-hydrogen) atoms. The number of aromatic nitrogens is 2. The van der Waals surface area contributed by atoms with E-state index < -0.39 is 0 Å². The lowest BCUT2D eigenvalue weighted by Crippen LogP contribution is -2.66. The fourth-order valence-electron chi connectivity index (χ4n) is 6.19. The van der Waals surface area contributed by atoms with Crippen molar-refractivity contribution in [3.63, 3.8) is 0 Å². The molecule has 3 heterocycles. The normalized spacial score (nSPS) is 22.8. The van der Waals surface area contributed by atoms with Gasteiger partial charge >= 0.3 is 5.91 Å². The Labute approximate surface area is 222 Å². The lowest BCUT2D eigenvalue weighted by Gasteiger charge is -2.49. The molecule has 2 saturated heterocycles. The molecule has 0 saturated carbocycles. The van der Waals surface area contributed by atoms with Gasteiger partial charge in [0.2, 0.25) is 0 Å². The molecule has 0 bridgehead atoms. The van der Waals surface area contributed by atoms with Crippen LogP contribution in [0.3, 0.4) is 0 Å². The average Bonchev–Trinajstić information content (AvgIpc) is 2.91. The molecule has 1 amide bonds. The highest BCUT2D eigenvalue weighted by Crippen LogP contribution is 2.37. The van der Waals surface area contributed by atoms with E-state index in [1.165, 1.54) is 11.4 Å². The summed E-state index contributed by atoms with van der Waals surface area (Å²) < 4.78 is 1.60. The second-order valence-corrected chi connectivity index (χ2v) is 11.0. The maximum Gasteiger partial charge on any atom is 0.349 e. The first-order valence-corrected chi connectivity index (χ1v) is 13.8. The van der Waals surface area contributed by atoms with E-state index in [-0.39, 0.29) is 5.91 Å². The third-order valence-corrected chi connectivity index (χ3v) is 8.61. The number of benzene rings is 2. The summed E-state index contributed by atoms with van der Waals surface area (Å²) in [5, 5.41) is 3.49. The number of piperidine rings is 2. The number of rotatable bonds is 5. The maximum absolute atomic E-state index is 14.4. The predicted molar refractivity (Wildman–Crippen MR) is 147 cm³/mol. The van der Waals surface area contributed by atoms with Crippen molar-refractivity contribution in [3.05, 3.63) is 82.3 Å². The van der Waals surface area contributed by atoms with Gasteiger partial charge in [-0.2, -0.15) is 0 Å². The number of amides is 1. The van der Waals surface area contributed by atoms with Crippen molar-refractivity contribution in [2.24, 2.45) is 0 Å². The van der Waals surface area contributed by atoms with Gasteiger partial charge in [-0.05, 0) is 50.2 Å². The van der Waals surface area contributed by atoms with Crippen LogP contribution >= 0.6 is 15.9 Å². The fourth-order valence-corrected chi connectivity index (χ4v) is 6.46. The molecular weight excluding hydrogens is 514 g/mol. The summed E-state index contributed by atoms with van der Waals surface area (Å²) >= 11 is 3.58. The Bertz CT molecular complexity index is 1170. The zero-order valence-corrected chi connectivity index (χ0v) is 22.7. The number of nitrogens with one attached hydrogen (secondary N) is 1. The molecule has 7 heteroatoms. The quantitative estimate of drug-likeness (QED) is 0.422. The van der Waals surface area contributed by atoms with E-state index in [1.807, 2.05) is 13.8 Å². The van der Waals surface area contributed by atoms with Crippen LogP contribution in [-0.2, 0) is 0 Å². The zero-order chi connectivity index (χ0) is 25.1. The monoisotopic (exact) mass is 548 g/mol. The fraction of sp³-hybridized carbons (Fsp3) is 0.414. The summed E-state index contributed by atoms with van der Waals surface area (Å²) in [5.41, 5.74) is 4.69. The van der Waals surface area contributed by atoms with Gasteiger partial charge in [0, 0.05) is 60.7 Å². The number of nitrogens with zero attached hydrogens (tertiary/aromatic N) is 4. The molecule has 2 aromatic carbocycles. The van der Waals surface area contributed by atoms with E-state index in [0.29, 0.717) is 16.6 Å². The topological polar surface area (TPSA) is 58.1 Å². The highest BCUT2D eigenvalue weighted by molar-refractivity contribution is 9.10. The molecule has 6 nitrogen and oxygen atoms in total. The van der Waals surface area contributed by atoms with Crippen molar-refractivity contribution < 1.29 is 9.28 Å². The standard InChI is InChI=1S/C29H35BrN5O/c1-21-28(22(2)33-20-32-21)29(36)35(27-12-16-31-17-13-27)18-14-26(15-19-35)34(24-6-4-3-5-7-24)25-10-8-23(30)9-11-25/h3-11,20,26-27,31H,12-19H2,1-2H3/q+1. The van der Waals surface area contributed by atoms with Crippen LogP contribution in [0.5, 0.6) is 0 Å². The molecular formula is C29H35BrN5O+. The van der Waals surface area contributed by atoms with Gasteiger partial charge < -0.3 is 10.2 Å². The number of anilines is 2. The van der Waals surface area contributed by atoms with Crippen LogP contribution in [0.2, 0.25) is 0 Å². The van der Waals surface area contributed by atoms with Crippen molar-refractivity contribution >= 4 is 33.2 Å². The Balaban J connectivity index is 1.48. The van der Waals surface area contributed by atoms with E-state index in [4.69, 9.17) is 0 Å². The van der Waals surface area contributed by atoms with Gasteiger partial charge in [-0.3, -0.25) is 4.48 Å². The number of quaternary nitrogens is 1. The van der Waals surface area contributed by atoms with Gasteiger partial charge in [-0.15, -0.1) is 0 Å². The molecule has 1 N–H and O–H groups in total. The van der Waals surface area contributed by atoms with Crippen LogP contribution in [0.15, 0.2) is 65.4 Å². The van der Waals surface area contributed by atoms with Gasteiger partial charge in [0.15, 0.2) is 0 Å². The van der Waals surface area contributed by atoms with Crippen molar-refractivity contribution in [3.8, 4) is 0 Å². The van der Waals surface area contributed by atoms with E-state index in [1.54, 1.807) is 6.33 Å². The zero-order valence-electron chi connectivity index (χ0n) is 21.2. The minimum absolute atomic E-state index is 0.214. The maximum atomic E-state index is 14.4. The highest BCUT2D eigenvalue weighted by Gasteiger charge is 2.49. The molecule has 0 atom stereocenters. The van der Waals surface area contributed by atoms with E-state index >= 15 is 0 Å². The summed E-state index contributed by atoms with van der Waals surface area (Å²) in [6, 6.07) is 19.9. The van der Waals surface area contributed by atoms with Crippen molar-refractivity contribution in [1.29, 1.82) is 0 Å². The number of likely N-dealkylation sites (tertiary alicyclic amines) is 1. The summed E-state index contributed by atoms with van der Waals surface area (Å²) in [6.45, 7) is 7.50. The van der Waals surface area contributed by atoms with Gasteiger partial charge in [-0.25, -0.2) is 14.8 Å². The first kappa shape index (κ1) is 25.1. The predicted octanol–water partition coefficient (Wildman–Crippen LogP) is 5.57. The number of para-hydroxylation sites is 1. The van der Waals surface area contributed by atoms with Gasteiger partial charge in [0.1, 0.15) is 11.9 Å². The minimum Gasteiger partial charge on any atom is -0.338 e. The molecule has 0 aliphatic carbocycles. The van der Waals surface area contributed by atoms with Crippen molar-refractivity contribution in [1.82, 2.24) is 15.3 Å². The Kier molecular flexibility index (Phi) is 7.51. The number of halogens is 1. The molecule has 0 unspecified atom stereocenters. The molecule has 0 radical (unpaired) electrons. The second-order valence-electron chi connectivity index (χ2n) is 10.1. The lowest BCUT2D eigenvalue weighted by molar-refractivity contribution is -0.880. The molecule has 188 valence electrons. The first-order valence-electron chi connectivity index (χ1n) is 13.0. The summed E-state index contributed by atoms with van der Waals surface area (Å²) in [4.78, 5) is 25.6. The minimum atomic E-state index is 0.214. The Morgan fingerprint density at radius 2 is 1.47 bits per heavy atom. The largest absolute Gasteiger partial charge is 0.349 e. The van der Waals surface area contributed by atoms with E-state index in [9.17, 15) is 4.79 Å². The lowest BCUT2D eigenvalue weighted by atomic mass is 9.91. The molecule has 2 aliphatic rings. The van der Waals surface area contributed by atoms with E-state index in [2.05, 4.69) is 90.7 Å².